The first kappa shape index (κ1) is 16.0. The third kappa shape index (κ3) is 3.13. The van der Waals surface area contributed by atoms with Crippen molar-refractivity contribution in [3.05, 3.63) is 35.4 Å². The van der Waals surface area contributed by atoms with Crippen LogP contribution in [0.4, 0.5) is 0 Å². The van der Waals surface area contributed by atoms with Crippen LogP contribution in [0.3, 0.4) is 0 Å². The van der Waals surface area contributed by atoms with Gasteiger partial charge in [-0.1, -0.05) is 52.0 Å². The number of nitrogens with one attached hydrogen (secondary N) is 1. The predicted molar refractivity (Wildman–Crippen MR) is 86.9 cm³/mol. The predicted octanol–water partition coefficient (Wildman–Crippen LogP) is 3.50. The van der Waals surface area contributed by atoms with E-state index in [0.717, 1.165) is 19.4 Å². The first-order valence-electron chi connectivity index (χ1n) is 8.09. The molecule has 0 radical (unpaired) electrons. The van der Waals surface area contributed by atoms with E-state index in [2.05, 4.69) is 57.3 Å². The smallest absolute Gasteiger partial charge is 0.244 e. The van der Waals surface area contributed by atoms with Crippen LogP contribution in [0.1, 0.15) is 58.3 Å². The highest BCUT2D eigenvalue weighted by Crippen LogP contribution is 2.33. The highest BCUT2D eigenvalue weighted by Gasteiger charge is 2.47. The van der Waals surface area contributed by atoms with Gasteiger partial charge in [0, 0.05) is 6.54 Å². The molecule has 2 unspecified atom stereocenters. The molecule has 1 aliphatic rings. The summed E-state index contributed by atoms with van der Waals surface area (Å²) in [6, 6.07) is 8.63. The Morgan fingerprint density at radius 2 is 1.86 bits per heavy atom. The molecule has 1 aliphatic heterocycles. The molecular weight excluding hydrogens is 260 g/mol. The van der Waals surface area contributed by atoms with Crippen molar-refractivity contribution in [3.63, 3.8) is 0 Å². The Morgan fingerprint density at radius 1 is 1.24 bits per heavy atom. The normalized spacial score (nSPS) is 25.9. The number of aryl methyl sites for hydroxylation is 1. The van der Waals surface area contributed by atoms with Gasteiger partial charge in [-0.3, -0.25) is 10.1 Å². The van der Waals surface area contributed by atoms with Crippen LogP contribution in [0.15, 0.2) is 24.3 Å². The van der Waals surface area contributed by atoms with E-state index in [1.54, 1.807) is 0 Å². The fourth-order valence-electron chi connectivity index (χ4n) is 2.91. The molecule has 1 aromatic rings. The van der Waals surface area contributed by atoms with Crippen molar-refractivity contribution in [3.8, 4) is 0 Å². The van der Waals surface area contributed by atoms with E-state index in [-0.39, 0.29) is 12.1 Å². The zero-order valence-corrected chi connectivity index (χ0v) is 13.9. The molecule has 1 aromatic carbocycles. The largest absolute Gasteiger partial charge is 0.321 e. The van der Waals surface area contributed by atoms with Gasteiger partial charge in [-0.05, 0) is 36.8 Å². The number of amides is 1. The van der Waals surface area contributed by atoms with Crippen LogP contribution in [0.5, 0.6) is 0 Å². The SMILES string of the molecule is CCc1ccc(C2NC(C)(CC)C(=O)N2CC(C)C)cc1. The number of benzene rings is 1. The molecule has 1 fully saturated rings. The van der Waals surface area contributed by atoms with Crippen LogP contribution in [0.2, 0.25) is 0 Å². The lowest BCUT2D eigenvalue weighted by atomic mass is 9.99. The second-order valence-electron chi connectivity index (χ2n) is 6.68. The van der Waals surface area contributed by atoms with E-state index in [1.807, 2.05) is 11.8 Å². The van der Waals surface area contributed by atoms with Gasteiger partial charge in [0.05, 0.1) is 5.54 Å². The van der Waals surface area contributed by atoms with Crippen LogP contribution in [0.25, 0.3) is 0 Å². The molecule has 0 aliphatic carbocycles. The third-order valence-corrected chi connectivity index (χ3v) is 4.47. The van der Waals surface area contributed by atoms with E-state index in [0.29, 0.717) is 5.92 Å². The summed E-state index contributed by atoms with van der Waals surface area (Å²) >= 11 is 0. The van der Waals surface area contributed by atoms with Crippen molar-refractivity contribution < 1.29 is 4.79 Å². The van der Waals surface area contributed by atoms with Crippen LogP contribution >= 0.6 is 0 Å². The van der Waals surface area contributed by atoms with Gasteiger partial charge < -0.3 is 4.90 Å². The van der Waals surface area contributed by atoms with Gasteiger partial charge in [0.1, 0.15) is 6.17 Å². The minimum atomic E-state index is -0.441. The van der Waals surface area contributed by atoms with Crippen molar-refractivity contribution in [2.45, 2.75) is 59.2 Å². The molecule has 1 N–H and O–H groups in total. The zero-order valence-electron chi connectivity index (χ0n) is 13.9. The van der Waals surface area contributed by atoms with Crippen molar-refractivity contribution in [1.29, 1.82) is 0 Å². The Balaban J connectivity index is 2.31. The second kappa shape index (κ2) is 6.18. The average Bonchev–Trinajstić information content (AvgIpc) is 2.73. The number of carbonyl (C=O) groups is 1. The highest BCUT2D eigenvalue weighted by atomic mass is 16.2. The van der Waals surface area contributed by atoms with E-state index in [9.17, 15) is 4.79 Å². The van der Waals surface area contributed by atoms with E-state index >= 15 is 0 Å². The topological polar surface area (TPSA) is 32.3 Å². The first-order chi connectivity index (χ1) is 9.91. The van der Waals surface area contributed by atoms with E-state index in [1.165, 1.54) is 11.1 Å². The number of hydrogen-bond acceptors (Lipinski definition) is 2. The number of carbonyl (C=O) groups excluding carboxylic acids is 1. The second-order valence-corrected chi connectivity index (χ2v) is 6.68. The van der Waals surface area contributed by atoms with Crippen molar-refractivity contribution in [2.75, 3.05) is 6.54 Å². The molecular formula is C18H28N2O. The lowest BCUT2D eigenvalue weighted by Crippen LogP contribution is -2.43. The summed E-state index contributed by atoms with van der Waals surface area (Å²) in [6.07, 6.45) is 1.85. The summed E-state index contributed by atoms with van der Waals surface area (Å²) < 4.78 is 0. The molecule has 1 heterocycles. The van der Waals surface area contributed by atoms with Crippen LogP contribution < -0.4 is 5.32 Å². The maximum absolute atomic E-state index is 12.8. The highest BCUT2D eigenvalue weighted by molar-refractivity contribution is 5.88. The lowest BCUT2D eigenvalue weighted by Gasteiger charge is -2.26. The number of rotatable bonds is 5. The van der Waals surface area contributed by atoms with Gasteiger partial charge in [0.2, 0.25) is 5.91 Å². The number of nitrogens with zero attached hydrogens (tertiary/aromatic N) is 1. The molecule has 1 saturated heterocycles. The van der Waals surface area contributed by atoms with Crippen molar-refractivity contribution >= 4 is 5.91 Å². The molecule has 0 saturated carbocycles. The van der Waals surface area contributed by atoms with Crippen LogP contribution in [-0.4, -0.2) is 22.9 Å². The maximum Gasteiger partial charge on any atom is 0.244 e. The summed E-state index contributed by atoms with van der Waals surface area (Å²) in [6.45, 7) is 11.4. The summed E-state index contributed by atoms with van der Waals surface area (Å²) in [5, 5.41) is 3.55. The molecule has 21 heavy (non-hydrogen) atoms. The van der Waals surface area contributed by atoms with Gasteiger partial charge in [0.15, 0.2) is 0 Å². The molecule has 0 bridgehead atoms. The Hall–Kier alpha value is -1.35. The standard InChI is InChI=1S/C18H28N2O/c1-6-14-8-10-15(11-9-14)16-19-18(5,7-2)17(21)20(16)12-13(3)4/h8-11,13,16,19H,6-7,12H2,1-5H3. The molecule has 116 valence electrons. The average molecular weight is 288 g/mol. The lowest BCUT2D eigenvalue weighted by molar-refractivity contribution is -0.133. The number of hydrogen-bond donors (Lipinski definition) is 1. The molecule has 1 amide bonds. The maximum atomic E-state index is 12.8. The quantitative estimate of drug-likeness (QED) is 0.899. The van der Waals surface area contributed by atoms with Crippen molar-refractivity contribution in [2.24, 2.45) is 5.92 Å². The first-order valence-corrected chi connectivity index (χ1v) is 8.09. The Labute approximate surface area is 128 Å². The van der Waals surface area contributed by atoms with Crippen molar-refractivity contribution in [1.82, 2.24) is 10.2 Å². The summed E-state index contributed by atoms with van der Waals surface area (Å²) in [7, 11) is 0. The zero-order chi connectivity index (χ0) is 15.6. The Morgan fingerprint density at radius 3 is 2.33 bits per heavy atom. The summed E-state index contributed by atoms with van der Waals surface area (Å²) in [5.41, 5.74) is 2.07. The fourth-order valence-corrected chi connectivity index (χ4v) is 2.91. The summed E-state index contributed by atoms with van der Waals surface area (Å²) in [4.78, 5) is 14.8. The molecule has 3 nitrogen and oxygen atoms in total. The van der Waals surface area contributed by atoms with Crippen LogP contribution in [0, 0.1) is 5.92 Å². The Bertz CT molecular complexity index is 494. The monoisotopic (exact) mass is 288 g/mol. The third-order valence-electron chi connectivity index (χ3n) is 4.47. The van der Waals surface area contributed by atoms with Crippen LogP contribution in [-0.2, 0) is 11.2 Å². The fraction of sp³-hybridized carbons (Fsp3) is 0.611. The molecule has 0 spiro atoms. The molecule has 2 atom stereocenters. The minimum Gasteiger partial charge on any atom is -0.321 e. The minimum absolute atomic E-state index is 0.00393. The van der Waals surface area contributed by atoms with Gasteiger partial charge in [-0.15, -0.1) is 0 Å². The Kier molecular flexibility index (Phi) is 4.72. The molecule has 0 aromatic heterocycles. The van der Waals surface area contributed by atoms with Gasteiger partial charge in [-0.25, -0.2) is 0 Å². The van der Waals surface area contributed by atoms with Gasteiger partial charge in [-0.2, -0.15) is 0 Å². The van der Waals surface area contributed by atoms with Gasteiger partial charge in [0.25, 0.3) is 0 Å². The van der Waals surface area contributed by atoms with E-state index in [4.69, 9.17) is 0 Å². The van der Waals surface area contributed by atoms with E-state index < -0.39 is 5.54 Å². The van der Waals surface area contributed by atoms with Gasteiger partial charge >= 0.3 is 0 Å². The molecule has 3 heteroatoms. The molecule has 2 rings (SSSR count). The summed E-state index contributed by atoms with van der Waals surface area (Å²) in [5.74, 6) is 0.690.